The van der Waals surface area contributed by atoms with Crippen LogP contribution in [0.1, 0.15) is 11.1 Å². The van der Waals surface area contributed by atoms with Crippen LogP contribution in [0, 0.1) is 0 Å². The summed E-state index contributed by atoms with van der Waals surface area (Å²) >= 11 is 6.56. The largest absolute Gasteiger partial charge is 0.396 e. The van der Waals surface area contributed by atoms with Gasteiger partial charge in [-0.3, -0.25) is 4.40 Å². The van der Waals surface area contributed by atoms with Crippen molar-refractivity contribution in [2.45, 2.75) is 0 Å². The number of nitrogen functional groups attached to an aromatic ring is 1. The smallest absolute Gasteiger partial charge is 0.161 e. The van der Waals surface area contributed by atoms with E-state index in [4.69, 9.17) is 22.3 Å². The molecule has 0 radical (unpaired) electrons. The summed E-state index contributed by atoms with van der Waals surface area (Å²) in [5, 5.41) is 0.638. The molecule has 4 nitrogen and oxygen atoms in total. The third-order valence-electron chi connectivity index (χ3n) is 5.14. The summed E-state index contributed by atoms with van der Waals surface area (Å²) in [5.41, 5.74) is 12.2. The van der Waals surface area contributed by atoms with E-state index >= 15 is 0 Å². The second-order valence-corrected chi connectivity index (χ2v) is 7.54. The van der Waals surface area contributed by atoms with Crippen LogP contribution in [0.4, 0.5) is 11.5 Å². The maximum absolute atomic E-state index is 6.56. The molecule has 0 fully saturated rings. The molecule has 0 amide bonds. The molecule has 0 unspecified atom stereocenters. The summed E-state index contributed by atoms with van der Waals surface area (Å²) in [4.78, 5) is 9.61. The van der Waals surface area contributed by atoms with Crippen molar-refractivity contribution in [2.24, 2.45) is 4.99 Å². The number of aliphatic imine (C=N–C) groups is 1. The van der Waals surface area contributed by atoms with Crippen molar-refractivity contribution in [1.82, 2.24) is 9.38 Å². The SMILES string of the molecule is Nc1cc(-c2ccccc2Cl)c(N=C(c2ccccc2)c2ccccc2)n2ccnc12. The minimum absolute atomic E-state index is 0.569. The monoisotopic (exact) mass is 422 g/mol. The molecule has 2 N–H and O–H groups in total. The van der Waals surface area contributed by atoms with Crippen LogP contribution >= 0.6 is 11.6 Å². The average Bonchev–Trinajstić information content (AvgIpc) is 3.31. The zero-order valence-electron chi connectivity index (χ0n) is 16.6. The molecule has 2 aromatic heterocycles. The number of nitrogens with zero attached hydrogens (tertiary/aromatic N) is 3. The van der Waals surface area contributed by atoms with Crippen LogP contribution in [-0.2, 0) is 0 Å². The van der Waals surface area contributed by atoms with Crippen LogP contribution in [0.3, 0.4) is 0 Å². The zero-order chi connectivity index (χ0) is 21.2. The number of anilines is 1. The fraction of sp³-hybridized carbons (Fsp3) is 0. The number of rotatable bonds is 4. The Hall–Kier alpha value is -3.89. The minimum Gasteiger partial charge on any atom is -0.396 e. The Bertz CT molecular complexity index is 1350. The number of halogens is 1. The van der Waals surface area contributed by atoms with Crippen molar-refractivity contribution in [3.8, 4) is 11.1 Å². The normalized spacial score (nSPS) is 10.9. The molecular formula is C26H19ClN4. The Kier molecular flexibility index (Phi) is 4.98. The van der Waals surface area contributed by atoms with Crippen molar-refractivity contribution >= 4 is 34.5 Å². The zero-order valence-corrected chi connectivity index (χ0v) is 17.4. The first-order chi connectivity index (χ1) is 15.2. The van der Waals surface area contributed by atoms with Crippen molar-refractivity contribution in [3.63, 3.8) is 0 Å². The van der Waals surface area contributed by atoms with Crippen molar-refractivity contribution in [2.75, 3.05) is 5.73 Å². The van der Waals surface area contributed by atoms with E-state index in [0.29, 0.717) is 16.4 Å². The first-order valence-electron chi connectivity index (χ1n) is 9.92. The molecule has 0 aliphatic carbocycles. The van der Waals surface area contributed by atoms with Gasteiger partial charge >= 0.3 is 0 Å². The highest BCUT2D eigenvalue weighted by Crippen LogP contribution is 2.38. The molecule has 5 heteroatoms. The topological polar surface area (TPSA) is 55.7 Å². The number of pyridine rings is 1. The summed E-state index contributed by atoms with van der Waals surface area (Å²) < 4.78 is 1.92. The Balaban J connectivity index is 1.85. The second-order valence-electron chi connectivity index (χ2n) is 7.13. The average molecular weight is 423 g/mol. The Morgan fingerprint density at radius 1 is 0.806 bits per heavy atom. The molecule has 5 rings (SSSR count). The summed E-state index contributed by atoms with van der Waals surface area (Å²) in [5.74, 6) is 0.720. The molecule has 5 aromatic rings. The Morgan fingerprint density at radius 3 is 2.06 bits per heavy atom. The van der Waals surface area contributed by atoms with Gasteiger partial charge in [-0.1, -0.05) is 90.5 Å². The molecule has 0 bridgehead atoms. The first-order valence-corrected chi connectivity index (χ1v) is 10.3. The highest BCUT2D eigenvalue weighted by molar-refractivity contribution is 6.33. The van der Waals surface area contributed by atoms with E-state index in [9.17, 15) is 0 Å². The number of imidazole rings is 1. The second kappa shape index (κ2) is 8.09. The van der Waals surface area contributed by atoms with Crippen LogP contribution in [-0.4, -0.2) is 15.1 Å². The molecular weight excluding hydrogens is 404 g/mol. The fourth-order valence-electron chi connectivity index (χ4n) is 3.69. The van der Waals surface area contributed by atoms with E-state index in [0.717, 1.165) is 33.8 Å². The first kappa shape index (κ1) is 19.1. The molecule has 3 aromatic carbocycles. The number of nitrogens with two attached hydrogens (primary N) is 1. The highest BCUT2D eigenvalue weighted by atomic mass is 35.5. The van der Waals surface area contributed by atoms with E-state index in [-0.39, 0.29) is 0 Å². The third-order valence-corrected chi connectivity index (χ3v) is 5.47. The lowest BCUT2D eigenvalue weighted by Gasteiger charge is -2.14. The lowest BCUT2D eigenvalue weighted by atomic mass is 10.0. The van der Waals surface area contributed by atoms with E-state index in [2.05, 4.69) is 29.2 Å². The van der Waals surface area contributed by atoms with Gasteiger partial charge in [-0.2, -0.15) is 0 Å². The predicted octanol–water partition coefficient (Wildman–Crippen LogP) is 6.41. The van der Waals surface area contributed by atoms with E-state index in [1.54, 1.807) is 6.20 Å². The number of hydrogen-bond donors (Lipinski definition) is 1. The molecule has 31 heavy (non-hydrogen) atoms. The molecule has 0 saturated heterocycles. The molecule has 0 spiro atoms. The summed E-state index contributed by atoms with van der Waals surface area (Å²) in [6.45, 7) is 0. The Morgan fingerprint density at radius 2 is 1.42 bits per heavy atom. The summed E-state index contributed by atoms with van der Waals surface area (Å²) in [7, 11) is 0. The third kappa shape index (κ3) is 3.58. The molecule has 0 atom stereocenters. The number of aromatic nitrogens is 2. The van der Waals surface area contributed by atoms with Crippen LogP contribution in [0.5, 0.6) is 0 Å². The van der Waals surface area contributed by atoms with Gasteiger partial charge in [-0.25, -0.2) is 9.98 Å². The molecule has 0 aliphatic rings. The van der Waals surface area contributed by atoms with Crippen LogP contribution < -0.4 is 5.73 Å². The van der Waals surface area contributed by atoms with Gasteiger partial charge in [0.1, 0.15) is 5.82 Å². The number of benzene rings is 3. The van der Waals surface area contributed by atoms with Crippen molar-refractivity contribution in [3.05, 3.63) is 120 Å². The van der Waals surface area contributed by atoms with Gasteiger partial charge in [-0.05, 0) is 12.1 Å². The fourth-order valence-corrected chi connectivity index (χ4v) is 3.93. The van der Waals surface area contributed by atoms with Gasteiger partial charge in [0.2, 0.25) is 0 Å². The lowest BCUT2D eigenvalue weighted by molar-refractivity contribution is 1.16. The van der Waals surface area contributed by atoms with Gasteiger partial charge in [0.25, 0.3) is 0 Å². The van der Waals surface area contributed by atoms with Crippen molar-refractivity contribution < 1.29 is 0 Å². The standard InChI is InChI=1S/C26H19ClN4/c27-22-14-8-7-13-20(22)21-17-23(28)26-29-15-16-31(26)25(21)30-24(18-9-3-1-4-10-18)19-11-5-2-6-12-19/h1-17H,28H2. The maximum atomic E-state index is 6.56. The van der Waals surface area contributed by atoms with Gasteiger partial charge in [0.05, 0.1) is 11.4 Å². The highest BCUT2D eigenvalue weighted by Gasteiger charge is 2.17. The number of hydrogen-bond acceptors (Lipinski definition) is 3. The van der Waals surface area contributed by atoms with Crippen LogP contribution in [0.2, 0.25) is 5.02 Å². The van der Waals surface area contributed by atoms with Gasteiger partial charge in [-0.15, -0.1) is 0 Å². The van der Waals surface area contributed by atoms with E-state index in [1.807, 2.05) is 77.3 Å². The predicted molar refractivity (Wildman–Crippen MR) is 128 cm³/mol. The molecule has 2 heterocycles. The number of fused-ring (bicyclic) bond motifs is 1. The van der Waals surface area contributed by atoms with Gasteiger partial charge < -0.3 is 5.73 Å². The molecule has 0 saturated carbocycles. The molecule has 150 valence electrons. The van der Waals surface area contributed by atoms with Crippen molar-refractivity contribution in [1.29, 1.82) is 0 Å². The Labute approximate surface area is 185 Å². The summed E-state index contributed by atoms with van der Waals surface area (Å²) in [6, 6.07) is 29.9. The van der Waals surface area contributed by atoms with Crippen LogP contribution in [0.15, 0.2) is 108 Å². The van der Waals surface area contributed by atoms with E-state index < -0.39 is 0 Å². The van der Waals surface area contributed by atoms with Gasteiger partial charge in [0.15, 0.2) is 5.65 Å². The quantitative estimate of drug-likeness (QED) is 0.340. The maximum Gasteiger partial charge on any atom is 0.161 e. The minimum atomic E-state index is 0.569. The molecule has 0 aliphatic heterocycles. The lowest BCUT2D eigenvalue weighted by Crippen LogP contribution is -2.04. The van der Waals surface area contributed by atoms with E-state index in [1.165, 1.54) is 0 Å². The summed E-state index contributed by atoms with van der Waals surface area (Å²) in [6.07, 6.45) is 3.60. The van der Waals surface area contributed by atoms with Crippen LogP contribution in [0.25, 0.3) is 16.8 Å². The van der Waals surface area contributed by atoms with Gasteiger partial charge in [0, 0.05) is 39.7 Å².